The molecule has 1 fully saturated rings. The lowest BCUT2D eigenvalue weighted by molar-refractivity contribution is 0.364. The van der Waals surface area contributed by atoms with Crippen LogP contribution in [0.2, 0.25) is 6.32 Å². The summed E-state index contributed by atoms with van der Waals surface area (Å²) in [5, 5.41) is 0. The maximum absolute atomic E-state index is 2.39. The van der Waals surface area contributed by atoms with E-state index in [-0.39, 0.29) is 0 Å². The number of hydrogen-bond acceptors (Lipinski definition) is 1. The summed E-state index contributed by atoms with van der Waals surface area (Å²) in [6.45, 7) is 5.93. The van der Waals surface area contributed by atoms with Gasteiger partial charge in [0.1, 0.15) is 0 Å². The highest BCUT2D eigenvalue weighted by molar-refractivity contribution is 6.33. The highest BCUT2D eigenvalue weighted by Gasteiger charge is 2.27. The second-order valence-electron chi connectivity index (χ2n) is 3.65. The molecule has 46 valence electrons. The smallest absolute Gasteiger partial charge is 0.204 e. The Hall–Kier alpha value is 0.0249. The summed E-state index contributed by atoms with van der Waals surface area (Å²) in [6.07, 6.45) is 1.36. The highest BCUT2D eigenvalue weighted by Crippen LogP contribution is 2.26. The van der Waals surface area contributed by atoms with Gasteiger partial charge in [0.25, 0.3) is 0 Å². The van der Waals surface area contributed by atoms with Crippen LogP contribution in [0.3, 0.4) is 0 Å². The van der Waals surface area contributed by atoms with Crippen molar-refractivity contribution < 1.29 is 0 Å². The molecule has 0 amide bonds. The zero-order valence-corrected chi connectivity index (χ0v) is 6.07. The Labute approximate surface area is 52.3 Å². The van der Waals surface area contributed by atoms with E-state index in [1.54, 1.807) is 0 Å². The predicted octanol–water partition coefficient (Wildman–Crippen LogP) is 0.728. The van der Waals surface area contributed by atoms with Crippen molar-refractivity contribution >= 4 is 7.41 Å². The van der Waals surface area contributed by atoms with E-state index in [1.807, 2.05) is 0 Å². The molecule has 1 heterocycles. The van der Waals surface area contributed by atoms with Crippen LogP contribution in [-0.4, -0.2) is 25.8 Å². The molecule has 0 spiro atoms. The van der Waals surface area contributed by atoms with Gasteiger partial charge in [-0.25, -0.2) is 0 Å². The van der Waals surface area contributed by atoms with E-state index >= 15 is 0 Å². The van der Waals surface area contributed by atoms with E-state index < -0.39 is 0 Å². The molecule has 1 saturated heterocycles. The second-order valence-corrected chi connectivity index (χ2v) is 3.65. The summed E-state index contributed by atoms with van der Waals surface area (Å²) in [5.74, 6) is 0. The van der Waals surface area contributed by atoms with Gasteiger partial charge in [-0.2, -0.15) is 0 Å². The minimum Gasteiger partial charge on any atom is -0.347 e. The van der Waals surface area contributed by atoms with Crippen molar-refractivity contribution in [3.05, 3.63) is 0 Å². The van der Waals surface area contributed by atoms with E-state index in [0.29, 0.717) is 5.41 Å². The first-order valence-corrected chi connectivity index (χ1v) is 3.29. The topological polar surface area (TPSA) is 3.24 Å². The van der Waals surface area contributed by atoms with E-state index in [2.05, 4.69) is 25.7 Å². The third kappa shape index (κ3) is 1.25. The second kappa shape index (κ2) is 1.76. The van der Waals surface area contributed by atoms with Gasteiger partial charge in [0.05, 0.1) is 0 Å². The number of nitrogens with zero attached hydrogens (tertiary/aromatic N) is 1. The summed E-state index contributed by atoms with van der Waals surface area (Å²) in [7, 11) is 3.47. The Morgan fingerprint density at radius 1 is 1.50 bits per heavy atom. The Morgan fingerprint density at radius 2 is 2.12 bits per heavy atom. The largest absolute Gasteiger partial charge is 0.347 e. The average molecular weight is 111 g/mol. The molecule has 0 N–H and O–H groups in total. The third-order valence-corrected chi connectivity index (χ3v) is 1.87. The monoisotopic (exact) mass is 111 g/mol. The van der Waals surface area contributed by atoms with Crippen molar-refractivity contribution in [2.75, 3.05) is 13.6 Å². The molecule has 0 saturated carbocycles. The molecule has 0 aromatic heterocycles. The van der Waals surface area contributed by atoms with Crippen LogP contribution in [-0.2, 0) is 0 Å². The predicted molar refractivity (Wildman–Crippen MR) is 38.4 cm³/mol. The molecule has 1 nitrogen and oxygen atoms in total. The third-order valence-electron chi connectivity index (χ3n) is 1.87. The molecule has 0 aliphatic carbocycles. The fourth-order valence-corrected chi connectivity index (χ4v) is 1.38. The maximum Gasteiger partial charge on any atom is 0.204 e. The first-order chi connectivity index (χ1) is 3.60. The van der Waals surface area contributed by atoms with Gasteiger partial charge in [0, 0.05) is 0 Å². The molecule has 8 heavy (non-hydrogen) atoms. The fourth-order valence-electron chi connectivity index (χ4n) is 1.38. The average Bonchev–Trinajstić information content (AvgIpc) is 1.82. The summed E-state index contributed by atoms with van der Waals surface area (Å²) >= 11 is 0. The highest BCUT2D eigenvalue weighted by atomic mass is 15.0. The Bertz CT molecular complexity index is 90.5. The number of rotatable bonds is 0. The molecule has 0 bridgehead atoms. The first-order valence-electron chi connectivity index (χ1n) is 3.29. The lowest BCUT2D eigenvalue weighted by atomic mass is 9.79. The molecule has 0 unspecified atom stereocenters. The van der Waals surface area contributed by atoms with Crippen LogP contribution >= 0.6 is 0 Å². The van der Waals surface area contributed by atoms with Crippen LogP contribution in [0.4, 0.5) is 0 Å². The molecular weight excluding hydrogens is 96.9 g/mol. The molecule has 1 rings (SSSR count). The van der Waals surface area contributed by atoms with Crippen LogP contribution in [0.25, 0.3) is 0 Å². The van der Waals surface area contributed by atoms with Gasteiger partial charge in [-0.05, 0) is 19.0 Å². The Morgan fingerprint density at radius 3 is 2.25 bits per heavy atom. The van der Waals surface area contributed by atoms with Gasteiger partial charge in [0.2, 0.25) is 7.41 Å². The van der Waals surface area contributed by atoms with Gasteiger partial charge in [-0.3, -0.25) is 0 Å². The number of hydrogen-bond donors (Lipinski definition) is 0. The van der Waals surface area contributed by atoms with Crippen molar-refractivity contribution in [2.24, 2.45) is 5.41 Å². The molecule has 1 aliphatic heterocycles. The van der Waals surface area contributed by atoms with Gasteiger partial charge in [0.15, 0.2) is 0 Å². The molecule has 0 aromatic rings. The van der Waals surface area contributed by atoms with Crippen molar-refractivity contribution in [2.45, 2.75) is 20.2 Å². The van der Waals surface area contributed by atoms with E-state index in [1.165, 1.54) is 20.3 Å². The Kier molecular flexibility index (Phi) is 1.36. The SMILES string of the molecule is CN1BCC(C)(C)C1. The van der Waals surface area contributed by atoms with Crippen molar-refractivity contribution in [1.29, 1.82) is 0 Å². The standard InChI is InChI=1S/C6H14BN/c1-6(2)4-7-8(3)5-6/h7H,4-5H2,1-3H3. The summed E-state index contributed by atoms with van der Waals surface area (Å²) in [5.41, 5.74) is 0.592. The van der Waals surface area contributed by atoms with Crippen LogP contribution in [0.1, 0.15) is 13.8 Å². The van der Waals surface area contributed by atoms with Gasteiger partial charge in [-0.1, -0.05) is 20.2 Å². The normalized spacial score (nSPS) is 27.9. The fraction of sp³-hybridized carbons (Fsp3) is 1.00. The minimum absolute atomic E-state index is 0.592. The zero-order valence-electron chi connectivity index (χ0n) is 6.07. The molecule has 0 radical (unpaired) electrons. The Balaban J connectivity index is 2.44. The van der Waals surface area contributed by atoms with E-state index in [4.69, 9.17) is 0 Å². The summed E-state index contributed by atoms with van der Waals surface area (Å²) in [4.78, 5) is 2.39. The molecule has 2 heteroatoms. The van der Waals surface area contributed by atoms with Crippen molar-refractivity contribution in [3.8, 4) is 0 Å². The summed E-state index contributed by atoms with van der Waals surface area (Å²) in [6, 6.07) is 0. The van der Waals surface area contributed by atoms with Crippen LogP contribution < -0.4 is 0 Å². The van der Waals surface area contributed by atoms with Gasteiger partial charge >= 0.3 is 0 Å². The quantitative estimate of drug-likeness (QED) is 0.416. The van der Waals surface area contributed by atoms with Crippen molar-refractivity contribution in [1.82, 2.24) is 4.81 Å². The maximum atomic E-state index is 2.39. The zero-order chi connectivity index (χ0) is 6.20. The molecule has 1 aliphatic rings. The van der Waals surface area contributed by atoms with Gasteiger partial charge in [-0.15, -0.1) is 0 Å². The lowest BCUT2D eigenvalue weighted by Crippen LogP contribution is -2.19. The molecular formula is C6H14BN. The van der Waals surface area contributed by atoms with E-state index in [0.717, 1.165) is 0 Å². The minimum atomic E-state index is 0.592. The van der Waals surface area contributed by atoms with Crippen LogP contribution in [0, 0.1) is 5.41 Å². The van der Waals surface area contributed by atoms with Gasteiger partial charge < -0.3 is 4.81 Å². The van der Waals surface area contributed by atoms with E-state index in [9.17, 15) is 0 Å². The first kappa shape index (κ1) is 6.15. The van der Waals surface area contributed by atoms with Crippen LogP contribution in [0.15, 0.2) is 0 Å². The molecule has 0 atom stereocenters. The summed E-state index contributed by atoms with van der Waals surface area (Å²) < 4.78 is 0. The van der Waals surface area contributed by atoms with Crippen LogP contribution in [0.5, 0.6) is 0 Å². The molecule has 0 aromatic carbocycles. The lowest BCUT2D eigenvalue weighted by Gasteiger charge is -2.16. The van der Waals surface area contributed by atoms with Crippen molar-refractivity contribution in [3.63, 3.8) is 0 Å².